The Balaban J connectivity index is 2.37. The number of nitrogens with one attached hydrogen (secondary N) is 1. The molecule has 19 heavy (non-hydrogen) atoms. The molecule has 2 N–H and O–H groups in total. The van der Waals surface area contributed by atoms with Crippen molar-refractivity contribution >= 4 is 17.7 Å². The molecule has 2 atom stereocenters. The summed E-state index contributed by atoms with van der Waals surface area (Å²) in [5, 5.41) is 12.4. The van der Waals surface area contributed by atoms with Crippen molar-refractivity contribution in [1.82, 2.24) is 5.32 Å². The third-order valence-corrected chi connectivity index (χ3v) is 4.58. The summed E-state index contributed by atoms with van der Waals surface area (Å²) in [6.45, 7) is 6.46. The van der Waals surface area contributed by atoms with E-state index in [0.717, 1.165) is 30.8 Å². The lowest BCUT2D eigenvalue weighted by atomic mass is 9.99. The van der Waals surface area contributed by atoms with Crippen molar-refractivity contribution in [3.63, 3.8) is 0 Å². The van der Waals surface area contributed by atoms with E-state index in [-0.39, 0.29) is 12.6 Å². The SMILES string of the molecule is CCOC(=O)C(C)(CCSCC(C)CO)NC1CC1. The molecular weight excluding hydrogens is 262 g/mol. The van der Waals surface area contributed by atoms with Gasteiger partial charge in [0.2, 0.25) is 0 Å². The molecule has 0 spiro atoms. The monoisotopic (exact) mass is 289 g/mol. The van der Waals surface area contributed by atoms with E-state index in [1.165, 1.54) is 0 Å². The Hall–Kier alpha value is -0.260. The molecule has 4 nitrogen and oxygen atoms in total. The summed E-state index contributed by atoms with van der Waals surface area (Å²) >= 11 is 1.79. The molecule has 1 saturated carbocycles. The number of carbonyl (C=O) groups is 1. The van der Waals surface area contributed by atoms with Crippen molar-refractivity contribution in [1.29, 1.82) is 0 Å². The molecule has 1 rings (SSSR count). The van der Waals surface area contributed by atoms with E-state index in [1.807, 2.05) is 20.8 Å². The maximum atomic E-state index is 12.1. The highest BCUT2D eigenvalue weighted by Crippen LogP contribution is 2.26. The van der Waals surface area contributed by atoms with Crippen LogP contribution in [0.1, 0.15) is 40.0 Å². The van der Waals surface area contributed by atoms with Crippen molar-refractivity contribution in [2.45, 2.75) is 51.6 Å². The molecule has 0 saturated heterocycles. The summed E-state index contributed by atoms with van der Waals surface area (Å²) in [4.78, 5) is 12.1. The zero-order chi connectivity index (χ0) is 14.3. The Labute approximate surface area is 120 Å². The third kappa shape index (κ3) is 6.15. The minimum Gasteiger partial charge on any atom is -0.465 e. The highest BCUT2D eigenvalue weighted by atomic mass is 32.2. The Bertz CT molecular complexity index is 284. The summed E-state index contributed by atoms with van der Waals surface area (Å²) < 4.78 is 5.18. The summed E-state index contributed by atoms with van der Waals surface area (Å²) in [6, 6.07) is 0.482. The van der Waals surface area contributed by atoms with Gasteiger partial charge in [-0.3, -0.25) is 10.1 Å². The number of hydrogen-bond acceptors (Lipinski definition) is 5. The highest BCUT2D eigenvalue weighted by Gasteiger charge is 2.39. The van der Waals surface area contributed by atoms with Gasteiger partial charge in [0, 0.05) is 12.6 Å². The third-order valence-electron chi connectivity index (χ3n) is 3.29. The first-order valence-corrected chi connectivity index (χ1v) is 8.30. The van der Waals surface area contributed by atoms with E-state index in [1.54, 1.807) is 11.8 Å². The number of hydrogen-bond donors (Lipinski definition) is 2. The first-order valence-electron chi connectivity index (χ1n) is 7.15. The Morgan fingerprint density at radius 2 is 2.26 bits per heavy atom. The van der Waals surface area contributed by atoms with Gasteiger partial charge >= 0.3 is 5.97 Å². The number of aliphatic hydroxyl groups excluding tert-OH is 1. The maximum Gasteiger partial charge on any atom is 0.326 e. The Morgan fingerprint density at radius 1 is 1.58 bits per heavy atom. The van der Waals surface area contributed by atoms with Gasteiger partial charge in [-0.15, -0.1) is 0 Å². The minimum absolute atomic E-state index is 0.141. The van der Waals surface area contributed by atoms with Crippen molar-refractivity contribution in [2.24, 2.45) is 5.92 Å². The molecule has 2 unspecified atom stereocenters. The van der Waals surface area contributed by atoms with E-state index in [4.69, 9.17) is 9.84 Å². The molecule has 0 aromatic carbocycles. The Kier molecular flexibility index (Phi) is 7.18. The zero-order valence-electron chi connectivity index (χ0n) is 12.3. The molecule has 0 amide bonds. The number of ether oxygens (including phenoxy) is 1. The fourth-order valence-electron chi connectivity index (χ4n) is 1.82. The van der Waals surface area contributed by atoms with Gasteiger partial charge in [-0.1, -0.05) is 6.92 Å². The number of rotatable bonds is 10. The normalized spacial score (nSPS) is 19.8. The van der Waals surface area contributed by atoms with Crippen LogP contribution in [0.15, 0.2) is 0 Å². The highest BCUT2D eigenvalue weighted by molar-refractivity contribution is 7.99. The zero-order valence-corrected chi connectivity index (χ0v) is 13.1. The summed E-state index contributed by atoms with van der Waals surface area (Å²) in [7, 11) is 0. The molecular formula is C14H27NO3S. The lowest BCUT2D eigenvalue weighted by Crippen LogP contribution is -2.52. The first kappa shape index (κ1) is 16.8. The van der Waals surface area contributed by atoms with Crippen LogP contribution in [0.2, 0.25) is 0 Å². The second kappa shape index (κ2) is 8.12. The fourth-order valence-corrected chi connectivity index (χ4v) is 3.04. The second-order valence-electron chi connectivity index (χ2n) is 5.58. The first-order chi connectivity index (χ1) is 9.01. The maximum absolute atomic E-state index is 12.1. The van der Waals surface area contributed by atoms with Crippen LogP contribution >= 0.6 is 11.8 Å². The molecule has 5 heteroatoms. The number of thioether (sulfide) groups is 1. The van der Waals surface area contributed by atoms with E-state index in [0.29, 0.717) is 18.6 Å². The summed E-state index contributed by atoms with van der Waals surface area (Å²) in [5.74, 6) is 2.01. The van der Waals surface area contributed by atoms with Crippen LogP contribution in [0.3, 0.4) is 0 Å². The predicted octanol–water partition coefficient (Wildman–Crippen LogP) is 1.81. The average Bonchev–Trinajstić information content (AvgIpc) is 3.18. The standard InChI is InChI=1S/C14H27NO3S/c1-4-18-13(17)14(3,15-12-5-6-12)7-8-19-10-11(2)9-16/h11-12,15-16H,4-10H2,1-3H3. The second-order valence-corrected chi connectivity index (χ2v) is 6.73. The van der Waals surface area contributed by atoms with Crippen molar-refractivity contribution in [3.05, 3.63) is 0 Å². The molecule has 0 aliphatic heterocycles. The quantitative estimate of drug-likeness (QED) is 0.474. The van der Waals surface area contributed by atoms with Gasteiger partial charge in [0.25, 0.3) is 0 Å². The van der Waals surface area contributed by atoms with Crippen LogP contribution < -0.4 is 5.32 Å². The van der Waals surface area contributed by atoms with Gasteiger partial charge in [-0.05, 0) is 50.5 Å². The van der Waals surface area contributed by atoms with Gasteiger partial charge in [0.1, 0.15) is 5.54 Å². The lowest BCUT2D eigenvalue weighted by molar-refractivity contribution is -0.150. The summed E-state index contributed by atoms with van der Waals surface area (Å²) in [6.07, 6.45) is 3.08. The smallest absolute Gasteiger partial charge is 0.326 e. The number of esters is 1. The molecule has 0 radical (unpaired) electrons. The number of carbonyl (C=O) groups excluding carboxylic acids is 1. The average molecular weight is 289 g/mol. The van der Waals surface area contributed by atoms with Gasteiger partial charge < -0.3 is 9.84 Å². The van der Waals surface area contributed by atoms with Gasteiger partial charge in [0.05, 0.1) is 6.61 Å². The topological polar surface area (TPSA) is 58.6 Å². The molecule has 0 aromatic heterocycles. The van der Waals surface area contributed by atoms with E-state index in [2.05, 4.69) is 5.32 Å². The molecule has 0 aromatic rings. The van der Waals surface area contributed by atoms with Crippen molar-refractivity contribution in [3.8, 4) is 0 Å². The van der Waals surface area contributed by atoms with Crippen LogP contribution in [-0.2, 0) is 9.53 Å². The molecule has 0 heterocycles. The van der Waals surface area contributed by atoms with Crippen molar-refractivity contribution < 1.29 is 14.6 Å². The lowest BCUT2D eigenvalue weighted by Gasteiger charge is -2.28. The van der Waals surface area contributed by atoms with Gasteiger partial charge in [-0.2, -0.15) is 11.8 Å². The van der Waals surface area contributed by atoms with Crippen LogP contribution in [-0.4, -0.2) is 47.4 Å². The predicted molar refractivity (Wildman–Crippen MR) is 79.4 cm³/mol. The van der Waals surface area contributed by atoms with E-state index in [9.17, 15) is 4.79 Å². The van der Waals surface area contributed by atoms with Crippen LogP contribution in [0.5, 0.6) is 0 Å². The summed E-state index contributed by atoms with van der Waals surface area (Å²) in [5.41, 5.74) is -0.563. The number of aliphatic hydroxyl groups is 1. The van der Waals surface area contributed by atoms with E-state index < -0.39 is 5.54 Å². The molecule has 1 aliphatic carbocycles. The Morgan fingerprint density at radius 3 is 2.79 bits per heavy atom. The molecule has 1 fully saturated rings. The van der Waals surface area contributed by atoms with E-state index >= 15 is 0 Å². The molecule has 0 bridgehead atoms. The fraction of sp³-hybridized carbons (Fsp3) is 0.929. The minimum atomic E-state index is -0.563. The van der Waals surface area contributed by atoms with Crippen molar-refractivity contribution in [2.75, 3.05) is 24.7 Å². The molecule has 1 aliphatic rings. The molecule has 112 valence electrons. The largest absolute Gasteiger partial charge is 0.465 e. The van der Waals surface area contributed by atoms with Crippen LogP contribution in [0.25, 0.3) is 0 Å². The van der Waals surface area contributed by atoms with Gasteiger partial charge in [0.15, 0.2) is 0 Å². The van der Waals surface area contributed by atoms with Crippen LogP contribution in [0, 0.1) is 5.92 Å². The van der Waals surface area contributed by atoms with Crippen LogP contribution in [0.4, 0.5) is 0 Å². The van der Waals surface area contributed by atoms with Gasteiger partial charge in [-0.25, -0.2) is 0 Å².